The van der Waals surface area contributed by atoms with E-state index >= 15 is 0 Å². The second kappa shape index (κ2) is 8.66. The summed E-state index contributed by atoms with van der Waals surface area (Å²) in [6, 6.07) is 13.7. The highest BCUT2D eigenvalue weighted by Crippen LogP contribution is 2.50. The molecule has 2 fully saturated rings. The number of nitrogens with one attached hydrogen (secondary N) is 1. The predicted molar refractivity (Wildman–Crippen MR) is 119 cm³/mol. The molecule has 0 bridgehead atoms. The average molecular weight is 437 g/mol. The molecule has 0 aromatic heterocycles. The number of ether oxygens (including phenoxy) is 1. The highest BCUT2D eigenvalue weighted by molar-refractivity contribution is 6.02. The van der Waals surface area contributed by atoms with Crippen LogP contribution in [0.1, 0.15) is 65.9 Å². The zero-order chi connectivity index (χ0) is 22.1. The first kappa shape index (κ1) is 21.1. The van der Waals surface area contributed by atoms with E-state index in [-0.39, 0.29) is 23.7 Å². The molecule has 2 aliphatic heterocycles. The molecule has 1 aliphatic carbocycles. The van der Waals surface area contributed by atoms with E-state index in [0.717, 1.165) is 56.3 Å². The van der Waals surface area contributed by atoms with Gasteiger partial charge in [0.15, 0.2) is 0 Å². The van der Waals surface area contributed by atoms with Crippen LogP contribution in [0, 0.1) is 5.82 Å². The average Bonchev–Trinajstić information content (AvgIpc) is 3.49. The zero-order valence-electron chi connectivity index (χ0n) is 18.2. The lowest BCUT2D eigenvalue weighted by Gasteiger charge is -2.50. The van der Waals surface area contributed by atoms with Gasteiger partial charge in [-0.25, -0.2) is 4.39 Å². The van der Waals surface area contributed by atoms with Gasteiger partial charge in [-0.3, -0.25) is 9.59 Å². The van der Waals surface area contributed by atoms with Gasteiger partial charge in [0.25, 0.3) is 5.91 Å². The van der Waals surface area contributed by atoms with Gasteiger partial charge < -0.3 is 15.0 Å². The van der Waals surface area contributed by atoms with Gasteiger partial charge in [0.1, 0.15) is 5.82 Å². The lowest BCUT2D eigenvalue weighted by atomic mass is 9.71. The number of hydrogen-bond acceptors (Lipinski definition) is 3. The molecule has 2 heterocycles. The van der Waals surface area contributed by atoms with Crippen molar-refractivity contribution in [2.24, 2.45) is 0 Å². The van der Waals surface area contributed by atoms with E-state index in [2.05, 4.69) is 5.32 Å². The first-order valence-electron chi connectivity index (χ1n) is 11.6. The van der Waals surface area contributed by atoms with Crippen LogP contribution in [0.5, 0.6) is 0 Å². The minimum atomic E-state index is -0.524. The number of fused-ring (bicyclic) bond motifs is 1. The third-order valence-electron chi connectivity index (χ3n) is 7.34. The SMILES string of the molecule is O=C(NCc1ccc(F)cc1)[C@@H]1c2ccccc2C(=O)N(C[C@H]2CCCO2)C12CCCC2. The molecule has 32 heavy (non-hydrogen) atoms. The van der Waals surface area contributed by atoms with Crippen molar-refractivity contribution in [1.82, 2.24) is 10.2 Å². The Morgan fingerprint density at radius 1 is 1.09 bits per heavy atom. The maximum atomic E-state index is 13.7. The van der Waals surface area contributed by atoms with Crippen LogP contribution in [0.4, 0.5) is 4.39 Å². The van der Waals surface area contributed by atoms with Crippen LogP contribution < -0.4 is 5.32 Å². The third-order valence-corrected chi connectivity index (χ3v) is 7.34. The molecular weight excluding hydrogens is 407 g/mol. The molecule has 1 saturated heterocycles. The predicted octanol–water partition coefficient (Wildman–Crippen LogP) is 4.17. The summed E-state index contributed by atoms with van der Waals surface area (Å²) in [4.78, 5) is 29.3. The van der Waals surface area contributed by atoms with Gasteiger partial charge >= 0.3 is 0 Å². The Morgan fingerprint density at radius 3 is 2.56 bits per heavy atom. The number of halogens is 1. The van der Waals surface area contributed by atoms with Crippen LogP contribution in [0.2, 0.25) is 0 Å². The maximum Gasteiger partial charge on any atom is 0.254 e. The molecule has 168 valence electrons. The van der Waals surface area contributed by atoms with E-state index in [1.165, 1.54) is 12.1 Å². The minimum absolute atomic E-state index is 0.0144. The Balaban J connectivity index is 1.49. The summed E-state index contributed by atoms with van der Waals surface area (Å²) in [6.45, 7) is 1.60. The fraction of sp³-hybridized carbons (Fsp3) is 0.462. The molecule has 1 N–H and O–H groups in total. The van der Waals surface area contributed by atoms with Gasteiger partial charge in [-0.1, -0.05) is 43.2 Å². The van der Waals surface area contributed by atoms with Crippen molar-refractivity contribution in [3.63, 3.8) is 0 Å². The van der Waals surface area contributed by atoms with Crippen molar-refractivity contribution in [3.05, 3.63) is 71.0 Å². The highest BCUT2D eigenvalue weighted by atomic mass is 19.1. The zero-order valence-corrected chi connectivity index (χ0v) is 18.2. The number of carbonyl (C=O) groups is 2. The normalized spacial score (nSPS) is 24.0. The maximum absolute atomic E-state index is 13.7. The summed E-state index contributed by atoms with van der Waals surface area (Å²) in [5, 5.41) is 3.08. The van der Waals surface area contributed by atoms with Crippen LogP contribution in [-0.2, 0) is 16.1 Å². The molecule has 5 rings (SSSR count). The Bertz CT molecular complexity index is 994. The second-order valence-corrected chi connectivity index (χ2v) is 9.23. The van der Waals surface area contributed by atoms with Crippen molar-refractivity contribution in [3.8, 4) is 0 Å². The van der Waals surface area contributed by atoms with E-state index in [0.29, 0.717) is 18.7 Å². The Morgan fingerprint density at radius 2 is 1.84 bits per heavy atom. The first-order valence-corrected chi connectivity index (χ1v) is 11.6. The fourth-order valence-electron chi connectivity index (χ4n) is 5.82. The van der Waals surface area contributed by atoms with Crippen molar-refractivity contribution in [1.29, 1.82) is 0 Å². The van der Waals surface area contributed by atoms with Crippen molar-refractivity contribution in [2.75, 3.05) is 13.2 Å². The van der Waals surface area contributed by atoms with Gasteiger partial charge in [-0.2, -0.15) is 0 Å². The largest absolute Gasteiger partial charge is 0.376 e. The van der Waals surface area contributed by atoms with Crippen LogP contribution >= 0.6 is 0 Å². The second-order valence-electron chi connectivity index (χ2n) is 9.23. The molecule has 0 radical (unpaired) electrons. The summed E-state index contributed by atoms with van der Waals surface area (Å²) >= 11 is 0. The van der Waals surface area contributed by atoms with Crippen molar-refractivity contribution < 1.29 is 18.7 Å². The lowest BCUT2D eigenvalue weighted by molar-refractivity contribution is -0.127. The summed E-state index contributed by atoms with van der Waals surface area (Å²) < 4.78 is 19.1. The van der Waals surface area contributed by atoms with E-state index in [4.69, 9.17) is 4.74 Å². The van der Waals surface area contributed by atoms with Crippen molar-refractivity contribution >= 4 is 11.8 Å². The third kappa shape index (κ3) is 3.71. The van der Waals surface area contributed by atoms with Crippen LogP contribution in [0.25, 0.3) is 0 Å². The number of carbonyl (C=O) groups excluding carboxylic acids is 2. The monoisotopic (exact) mass is 436 g/mol. The standard InChI is InChI=1S/C26H29FN2O3/c27-19-11-9-18(10-12-19)16-28-24(30)23-21-7-1-2-8-22(21)25(31)29(17-20-6-5-15-32-20)26(23)13-3-4-14-26/h1-2,7-12,20,23H,3-6,13-17H2,(H,28,30)/t20-,23+/m1/s1. The fourth-order valence-corrected chi connectivity index (χ4v) is 5.82. The topological polar surface area (TPSA) is 58.6 Å². The van der Waals surface area contributed by atoms with Gasteiger partial charge in [0.05, 0.1) is 17.6 Å². The summed E-state index contributed by atoms with van der Waals surface area (Å²) in [5.74, 6) is -0.788. The summed E-state index contributed by atoms with van der Waals surface area (Å²) in [5.41, 5.74) is 1.76. The van der Waals surface area contributed by atoms with Gasteiger partial charge in [-0.15, -0.1) is 0 Å². The summed E-state index contributed by atoms with van der Waals surface area (Å²) in [6.07, 6.45) is 5.62. The van der Waals surface area contributed by atoms with E-state index in [9.17, 15) is 14.0 Å². The van der Waals surface area contributed by atoms with E-state index in [1.54, 1.807) is 12.1 Å². The molecule has 1 spiro atoms. The van der Waals surface area contributed by atoms with Gasteiger partial charge in [0, 0.05) is 25.3 Å². The number of rotatable bonds is 5. The number of hydrogen-bond donors (Lipinski definition) is 1. The van der Waals surface area contributed by atoms with Crippen LogP contribution in [-0.4, -0.2) is 41.5 Å². The Kier molecular flexibility index (Phi) is 5.72. The molecule has 3 aliphatic rings. The van der Waals surface area contributed by atoms with Gasteiger partial charge in [0.2, 0.25) is 5.91 Å². The first-order chi connectivity index (χ1) is 15.6. The minimum Gasteiger partial charge on any atom is -0.376 e. The lowest BCUT2D eigenvalue weighted by Crippen LogP contribution is -2.62. The number of amides is 2. The highest BCUT2D eigenvalue weighted by Gasteiger charge is 2.55. The number of benzene rings is 2. The summed E-state index contributed by atoms with van der Waals surface area (Å²) in [7, 11) is 0. The molecule has 0 unspecified atom stereocenters. The molecule has 6 heteroatoms. The van der Waals surface area contributed by atoms with E-state index < -0.39 is 11.5 Å². The van der Waals surface area contributed by atoms with Crippen LogP contribution in [0.15, 0.2) is 48.5 Å². The molecule has 2 atom stereocenters. The molecule has 1 saturated carbocycles. The Labute approximate surface area is 187 Å². The molecule has 2 aromatic carbocycles. The smallest absolute Gasteiger partial charge is 0.254 e. The quantitative estimate of drug-likeness (QED) is 0.765. The molecule has 5 nitrogen and oxygen atoms in total. The molecular formula is C26H29FN2O3. The van der Waals surface area contributed by atoms with Gasteiger partial charge in [-0.05, 0) is 55.0 Å². The Hall–Kier alpha value is -2.73. The van der Waals surface area contributed by atoms with E-state index in [1.807, 2.05) is 29.2 Å². The van der Waals surface area contributed by atoms with Crippen molar-refractivity contribution in [2.45, 2.75) is 62.6 Å². The van der Waals surface area contributed by atoms with Crippen LogP contribution in [0.3, 0.4) is 0 Å². The molecule has 2 aromatic rings. The number of nitrogens with zero attached hydrogens (tertiary/aromatic N) is 1. The molecule has 2 amide bonds.